The van der Waals surface area contributed by atoms with E-state index in [2.05, 4.69) is 9.72 Å². The van der Waals surface area contributed by atoms with Crippen LogP contribution in [0.2, 0.25) is 5.15 Å². The van der Waals surface area contributed by atoms with Gasteiger partial charge in [0.25, 0.3) is 0 Å². The SMILES string of the molecule is CCOC(=O)c1cnc(Cl)c(F)c1N. The lowest BCUT2D eigenvalue weighted by atomic mass is 10.2. The van der Waals surface area contributed by atoms with E-state index in [1.54, 1.807) is 6.92 Å². The topological polar surface area (TPSA) is 65.2 Å². The van der Waals surface area contributed by atoms with Gasteiger partial charge in [0.1, 0.15) is 5.56 Å². The van der Waals surface area contributed by atoms with Crippen molar-refractivity contribution < 1.29 is 13.9 Å². The second-order valence-electron chi connectivity index (χ2n) is 2.41. The quantitative estimate of drug-likeness (QED) is 0.605. The molecular formula is C8H8ClFN2O2. The minimum atomic E-state index is -0.905. The summed E-state index contributed by atoms with van der Waals surface area (Å²) >= 11 is 5.35. The summed E-state index contributed by atoms with van der Waals surface area (Å²) in [4.78, 5) is 14.6. The van der Waals surface area contributed by atoms with Gasteiger partial charge in [-0.15, -0.1) is 0 Å². The van der Waals surface area contributed by atoms with Crippen LogP contribution in [0.25, 0.3) is 0 Å². The molecule has 4 nitrogen and oxygen atoms in total. The van der Waals surface area contributed by atoms with Gasteiger partial charge in [0.2, 0.25) is 0 Å². The van der Waals surface area contributed by atoms with E-state index < -0.39 is 11.8 Å². The molecule has 1 aromatic heterocycles. The number of rotatable bonds is 2. The number of nitrogen functional groups attached to an aromatic ring is 1. The van der Waals surface area contributed by atoms with Crippen molar-refractivity contribution in [1.29, 1.82) is 0 Å². The first-order valence-corrected chi connectivity index (χ1v) is 4.22. The molecule has 0 aliphatic rings. The summed E-state index contributed by atoms with van der Waals surface area (Å²) in [5.41, 5.74) is 4.85. The maximum atomic E-state index is 13.1. The number of ether oxygens (including phenoxy) is 1. The third-order valence-electron chi connectivity index (χ3n) is 1.51. The van der Waals surface area contributed by atoms with Crippen LogP contribution in [0, 0.1) is 5.82 Å². The number of hydrogen-bond donors (Lipinski definition) is 1. The van der Waals surface area contributed by atoms with E-state index in [-0.39, 0.29) is 23.0 Å². The van der Waals surface area contributed by atoms with Crippen molar-refractivity contribution >= 4 is 23.3 Å². The average molecular weight is 219 g/mol. The van der Waals surface area contributed by atoms with E-state index in [9.17, 15) is 9.18 Å². The number of nitrogens with two attached hydrogens (primary N) is 1. The third kappa shape index (κ3) is 1.93. The molecule has 0 saturated heterocycles. The van der Waals surface area contributed by atoms with E-state index >= 15 is 0 Å². The summed E-state index contributed by atoms with van der Waals surface area (Å²) < 4.78 is 17.7. The van der Waals surface area contributed by atoms with E-state index in [1.165, 1.54) is 0 Å². The van der Waals surface area contributed by atoms with Crippen LogP contribution >= 0.6 is 11.6 Å². The summed E-state index contributed by atoms with van der Waals surface area (Å²) in [6.07, 6.45) is 1.08. The lowest BCUT2D eigenvalue weighted by Crippen LogP contribution is -2.10. The molecule has 0 saturated carbocycles. The Morgan fingerprint density at radius 3 is 3.00 bits per heavy atom. The molecule has 1 rings (SSSR count). The maximum Gasteiger partial charge on any atom is 0.341 e. The number of carbonyl (C=O) groups excluding carboxylic acids is 1. The Balaban J connectivity index is 3.11. The molecule has 1 aromatic rings. The van der Waals surface area contributed by atoms with Gasteiger partial charge in [0.15, 0.2) is 11.0 Å². The number of anilines is 1. The number of aromatic nitrogens is 1. The van der Waals surface area contributed by atoms with E-state index in [0.29, 0.717) is 0 Å². The van der Waals surface area contributed by atoms with Gasteiger partial charge in [-0.05, 0) is 6.92 Å². The van der Waals surface area contributed by atoms with Gasteiger partial charge in [-0.2, -0.15) is 0 Å². The van der Waals surface area contributed by atoms with Gasteiger partial charge in [0, 0.05) is 6.20 Å². The van der Waals surface area contributed by atoms with Crippen LogP contribution in [0.15, 0.2) is 6.20 Å². The van der Waals surface area contributed by atoms with Crippen LogP contribution < -0.4 is 5.73 Å². The van der Waals surface area contributed by atoms with Crippen molar-refractivity contribution in [2.75, 3.05) is 12.3 Å². The van der Waals surface area contributed by atoms with Crippen molar-refractivity contribution in [2.45, 2.75) is 6.92 Å². The molecule has 0 unspecified atom stereocenters. The number of esters is 1. The molecule has 0 fully saturated rings. The van der Waals surface area contributed by atoms with Crippen molar-refractivity contribution in [3.8, 4) is 0 Å². The zero-order chi connectivity index (χ0) is 10.7. The Morgan fingerprint density at radius 1 is 1.79 bits per heavy atom. The first-order valence-electron chi connectivity index (χ1n) is 3.84. The monoisotopic (exact) mass is 218 g/mol. The molecule has 0 bridgehead atoms. The van der Waals surface area contributed by atoms with Crippen LogP contribution in [0.5, 0.6) is 0 Å². The standard InChI is InChI=1S/C8H8ClFN2O2/c1-2-14-8(13)4-3-12-7(9)5(10)6(4)11/h3H,2H2,1H3,(H2,11,12). The highest BCUT2D eigenvalue weighted by atomic mass is 35.5. The van der Waals surface area contributed by atoms with Crippen LogP contribution in [0.4, 0.5) is 10.1 Å². The fourth-order valence-corrected chi connectivity index (χ4v) is 0.999. The molecule has 0 radical (unpaired) electrons. The first kappa shape index (κ1) is 10.7. The summed E-state index contributed by atoms with van der Waals surface area (Å²) in [6, 6.07) is 0. The molecule has 14 heavy (non-hydrogen) atoms. The lowest BCUT2D eigenvalue weighted by molar-refractivity contribution is 0.0526. The summed E-state index contributed by atoms with van der Waals surface area (Å²) in [5.74, 6) is -1.62. The van der Waals surface area contributed by atoms with Gasteiger partial charge in [-0.1, -0.05) is 11.6 Å². The van der Waals surface area contributed by atoms with Crippen molar-refractivity contribution in [3.05, 3.63) is 22.7 Å². The molecule has 0 atom stereocenters. The normalized spacial score (nSPS) is 9.93. The molecule has 0 aliphatic heterocycles. The molecule has 76 valence electrons. The molecular weight excluding hydrogens is 211 g/mol. The Bertz CT molecular complexity index is 371. The summed E-state index contributed by atoms with van der Waals surface area (Å²) in [6.45, 7) is 1.82. The Morgan fingerprint density at radius 2 is 2.43 bits per heavy atom. The lowest BCUT2D eigenvalue weighted by Gasteiger charge is -2.05. The largest absolute Gasteiger partial charge is 0.462 e. The predicted molar refractivity (Wildman–Crippen MR) is 49.6 cm³/mol. The maximum absolute atomic E-state index is 13.1. The second kappa shape index (κ2) is 4.23. The zero-order valence-corrected chi connectivity index (χ0v) is 8.14. The van der Waals surface area contributed by atoms with Crippen molar-refractivity contribution in [1.82, 2.24) is 4.98 Å². The zero-order valence-electron chi connectivity index (χ0n) is 7.38. The van der Waals surface area contributed by atoms with E-state index in [4.69, 9.17) is 17.3 Å². The van der Waals surface area contributed by atoms with Crippen molar-refractivity contribution in [3.63, 3.8) is 0 Å². The highest BCUT2D eigenvalue weighted by Gasteiger charge is 2.17. The summed E-state index contributed by atoms with van der Waals surface area (Å²) in [7, 11) is 0. The minimum Gasteiger partial charge on any atom is -0.462 e. The number of nitrogens with zero attached hydrogens (tertiary/aromatic N) is 1. The summed E-state index contributed by atoms with van der Waals surface area (Å²) in [5, 5.41) is -0.365. The second-order valence-corrected chi connectivity index (χ2v) is 2.77. The highest BCUT2D eigenvalue weighted by Crippen LogP contribution is 2.21. The third-order valence-corrected chi connectivity index (χ3v) is 1.77. The van der Waals surface area contributed by atoms with Gasteiger partial charge < -0.3 is 10.5 Å². The van der Waals surface area contributed by atoms with Gasteiger partial charge in [-0.3, -0.25) is 0 Å². The minimum absolute atomic E-state index is 0.117. The molecule has 2 N–H and O–H groups in total. The average Bonchev–Trinajstić information content (AvgIpc) is 2.15. The van der Waals surface area contributed by atoms with Gasteiger partial charge in [0.05, 0.1) is 12.3 Å². The Hall–Kier alpha value is -1.36. The Labute approximate surface area is 84.8 Å². The smallest absolute Gasteiger partial charge is 0.341 e. The van der Waals surface area contributed by atoms with Gasteiger partial charge >= 0.3 is 5.97 Å². The fraction of sp³-hybridized carbons (Fsp3) is 0.250. The van der Waals surface area contributed by atoms with Crippen LogP contribution in [-0.2, 0) is 4.74 Å². The van der Waals surface area contributed by atoms with Crippen LogP contribution in [0.3, 0.4) is 0 Å². The van der Waals surface area contributed by atoms with Crippen LogP contribution in [0.1, 0.15) is 17.3 Å². The highest BCUT2D eigenvalue weighted by molar-refractivity contribution is 6.30. The first-order chi connectivity index (χ1) is 6.57. The fourth-order valence-electron chi connectivity index (χ4n) is 0.848. The molecule has 0 aromatic carbocycles. The van der Waals surface area contributed by atoms with E-state index in [1.807, 2.05) is 0 Å². The van der Waals surface area contributed by atoms with Crippen LogP contribution in [-0.4, -0.2) is 17.6 Å². The number of halogens is 2. The molecule has 1 heterocycles. The van der Waals surface area contributed by atoms with Crippen molar-refractivity contribution in [2.24, 2.45) is 0 Å². The molecule has 0 spiro atoms. The molecule has 0 aliphatic carbocycles. The number of carbonyl (C=O) groups is 1. The number of hydrogen-bond acceptors (Lipinski definition) is 4. The Kier molecular flexibility index (Phi) is 3.24. The number of pyridine rings is 1. The molecule has 0 amide bonds. The van der Waals surface area contributed by atoms with Gasteiger partial charge in [-0.25, -0.2) is 14.2 Å². The molecule has 6 heteroatoms. The predicted octanol–water partition coefficient (Wildman–Crippen LogP) is 1.63. The van der Waals surface area contributed by atoms with E-state index in [0.717, 1.165) is 6.20 Å².